The number of alkyl halides is 3. The molecule has 0 spiro atoms. The quantitative estimate of drug-likeness (QED) is 0.179. The van der Waals surface area contributed by atoms with Gasteiger partial charge < -0.3 is 5.32 Å². The zero-order valence-electron chi connectivity index (χ0n) is 14.3. The van der Waals surface area contributed by atoms with E-state index in [1.54, 1.807) is 6.07 Å². The number of amides is 1. The Labute approximate surface area is 175 Å². The SMILES string of the molecule is NN(C(=O)c1ccncc1Nc1ccc(I)cc1F)c1nccc(C(F)(F)F)n1. The van der Waals surface area contributed by atoms with Gasteiger partial charge in [-0.3, -0.25) is 9.78 Å². The van der Waals surface area contributed by atoms with Crippen molar-refractivity contribution in [1.29, 1.82) is 0 Å². The Morgan fingerprint density at radius 2 is 1.90 bits per heavy atom. The number of carbonyl (C=O) groups is 1. The number of anilines is 3. The van der Waals surface area contributed by atoms with Gasteiger partial charge in [-0.05, 0) is 52.9 Å². The van der Waals surface area contributed by atoms with Crippen LogP contribution in [-0.2, 0) is 6.18 Å². The van der Waals surface area contributed by atoms with E-state index in [0.29, 0.717) is 14.6 Å². The molecule has 0 bridgehead atoms. The molecule has 3 N–H and O–H groups in total. The Kier molecular flexibility index (Phi) is 5.93. The molecule has 3 rings (SSSR count). The molecule has 7 nitrogen and oxygen atoms in total. The summed E-state index contributed by atoms with van der Waals surface area (Å²) in [5, 5.41) is 3.10. The first-order chi connectivity index (χ1) is 13.7. The summed E-state index contributed by atoms with van der Waals surface area (Å²) in [5.41, 5.74) is -1.15. The Balaban J connectivity index is 1.92. The first-order valence-electron chi connectivity index (χ1n) is 7.82. The number of benzene rings is 1. The highest BCUT2D eigenvalue weighted by molar-refractivity contribution is 14.1. The third-order valence-corrected chi connectivity index (χ3v) is 4.29. The predicted molar refractivity (Wildman–Crippen MR) is 105 cm³/mol. The summed E-state index contributed by atoms with van der Waals surface area (Å²) in [6, 6.07) is 6.33. The molecule has 150 valence electrons. The monoisotopic (exact) mass is 518 g/mol. The van der Waals surface area contributed by atoms with Gasteiger partial charge in [0.25, 0.3) is 5.91 Å². The van der Waals surface area contributed by atoms with E-state index in [0.717, 1.165) is 6.20 Å². The molecule has 0 saturated heterocycles. The smallest absolute Gasteiger partial charge is 0.351 e. The normalized spacial score (nSPS) is 11.2. The lowest BCUT2D eigenvalue weighted by atomic mass is 10.2. The molecule has 0 aliphatic carbocycles. The van der Waals surface area contributed by atoms with Crippen molar-refractivity contribution in [2.24, 2.45) is 5.84 Å². The lowest BCUT2D eigenvalue weighted by molar-refractivity contribution is -0.141. The van der Waals surface area contributed by atoms with E-state index in [1.165, 1.54) is 30.6 Å². The molecule has 0 radical (unpaired) electrons. The van der Waals surface area contributed by atoms with Crippen LogP contribution in [0.2, 0.25) is 0 Å². The van der Waals surface area contributed by atoms with Crippen LogP contribution in [0.3, 0.4) is 0 Å². The molecule has 0 unspecified atom stereocenters. The Morgan fingerprint density at radius 1 is 1.14 bits per heavy atom. The number of halogens is 5. The molecule has 2 aromatic heterocycles. The third kappa shape index (κ3) is 4.76. The van der Waals surface area contributed by atoms with E-state index in [1.807, 2.05) is 22.6 Å². The van der Waals surface area contributed by atoms with Crippen molar-refractivity contribution in [3.05, 3.63) is 69.6 Å². The van der Waals surface area contributed by atoms with E-state index in [4.69, 9.17) is 5.84 Å². The van der Waals surface area contributed by atoms with Crippen LogP contribution in [0.25, 0.3) is 0 Å². The van der Waals surface area contributed by atoms with E-state index >= 15 is 0 Å². The second-order valence-corrected chi connectivity index (χ2v) is 6.83. The average molecular weight is 518 g/mol. The van der Waals surface area contributed by atoms with Gasteiger partial charge in [0.05, 0.1) is 23.1 Å². The molecule has 0 aliphatic rings. The number of nitrogens with zero attached hydrogens (tertiary/aromatic N) is 4. The van der Waals surface area contributed by atoms with Crippen molar-refractivity contribution >= 4 is 45.8 Å². The molecular formula is C17H11F4IN6O. The van der Waals surface area contributed by atoms with Crippen LogP contribution in [0, 0.1) is 9.39 Å². The van der Waals surface area contributed by atoms with E-state index in [9.17, 15) is 22.4 Å². The second kappa shape index (κ2) is 8.24. The number of hydrazine groups is 1. The fourth-order valence-corrected chi connectivity index (χ4v) is 2.71. The molecule has 0 saturated carbocycles. The molecule has 3 aromatic rings. The van der Waals surface area contributed by atoms with Crippen molar-refractivity contribution in [2.45, 2.75) is 6.18 Å². The Morgan fingerprint density at radius 3 is 2.59 bits per heavy atom. The summed E-state index contributed by atoms with van der Waals surface area (Å²) >= 11 is 1.94. The van der Waals surface area contributed by atoms with Crippen molar-refractivity contribution in [3.63, 3.8) is 0 Å². The highest BCUT2D eigenvalue weighted by Gasteiger charge is 2.33. The largest absolute Gasteiger partial charge is 0.433 e. The highest BCUT2D eigenvalue weighted by Crippen LogP contribution is 2.29. The molecular weight excluding hydrogens is 507 g/mol. The van der Waals surface area contributed by atoms with Gasteiger partial charge in [0.1, 0.15) is 11.5 Å². The Bertz CT molecular complexity index is 1060. The van der Waals surface area contributed by atoms with E-state index in [-0.39, 0.29) is 16.9 Å². The van der Waals surface area contributed by atoms with Gasteiger partial charge in [0.2, 0.25) is 5.95 Å². The van der Waals surface area contributed by atoms with Crippen molar-refractivity contribution in [3.8, 4) is 0 Å². The van der Waals surface area contributed by atoms with Gasteiger partial charge in [0.15, 0.2) is 0 Å². The van der Waals surface area contributed by atoms with Gasteiger partial charge in [-0.25, -0.2) is 25.2 Å². The number of nitrogens with one attached hydrogen (secondary N) is 1. The van der Waals surface area contributed by atoms with Crippen LogP contribution in [-0.4, -0.2) is 20.9 Å². The van der Waals surface area contributed by atoms with E-state index in [2.05, 4.69) is 20.3 Å². The second-order valence-electron chi connectivity index (χ2n) is 5.59. The number of rotatable bonds is 4. The number of hydrogen-bond donors (Lipinski definition) is 2. The fourth-order valence-electron chi connectivity index (χ4n) is 2.26. The maximum atomic E-state index is 14.1. The maximum Gasteiger partial charge on any atom is 0.433 e. The van der Waals surface area contributed by atoms with Crippen molar-refractivity contribution < 1.29 is 22.4 Å². The number of carbonyl (C=O) groups excluding carboxylic acids is 1. The number of aromatic nitrogens is 3. The topological polar surface area (TPSA) is 97.0 Å². The minimum atomic E-state index is -4.73. The van der Waals surface area contributed by atoms with Crippen LogP contribution >= 0.6 is 22.6 Å². The zero-order valence-corrected chi connectivity index (χ0v) is 16.4. The van der Waals surface area contributed by atoms with Crippen molar-refractivity contribution in [2.75, 3.05) is 10.3 Å². The van der Waals surface area contributed by atoms with Gasteiger partial charge in [0, 0.05) is 16.0 Å². The summed E-state index contributed by atoms with van der Waals surface area (Å²) in [6.07, 6.45) is -1.35. The molecule has 2 heterocycles. The molecule has 29 heavy (non-hydrogen) atoms. The standard InChI is InChI=1S/C17H11F4IN6O/c18-11-7-9(22)1-2-12(11)26-13-8-24-5-3-10(13)15(29)28(23)16-25-6-4-14(27-16)17(19,20)21/h1-8,26H,23H2. The molecule has 0 fully saturated rings. The predicted octanol–water partition coefficient (Wildman–Crippen LogP) is 3.90. The molecule has 1 amide bonds. The number of hydrogen-bond acceptors (Lipinski definition) is 6. The third-order valence-electron chi connectivity index (χ3n) is 3.62. The number of nitrogens with two attached hydrogens (primary N) is 1. The maximum absolute atomic E-state index is 14.1. The molecule has 0 atom stereocenters. The highest BCUT2D eigenvalue weighted by atomic mass is 127. The molecule has 0 aliphatic heterocycles. The van der Waals surface area contributed by atoms with Gasteiger partial charge >= 0.3 is 6.18 Å². The first-order valence-corrected chi connectivity index (χ1v) is 8.90. The summed E-state index contributed by atoms with van der Waals surface area (Å²) in [6.45, 7) is 0. The van der Waals surface area contributed by atoms with Crippen LogP contribution < -0.4 is 16.2 Å². The van der Waals surface area contributed by atoms with Crippen LogP contribution in [0.5, 0.6) is 0 Å². The summed E-state index contributed by atoms with van der Waals surface area (Å²) in [5.74, 6) is 3.54. The Hall–Kier alpha value is -2.87. The van der Waals surface area contributed by atoms with Crippen LogP contribution in [0.15, 0.2) is 48.9 Å². The molecule has 1 aromatic carbocycles. The lowest BCUT2D eigenvalue weighted by Gasteiger charge is -2.18. The summed E-state index contributed by atoms with van der Waals surface area (Å²) in [7, 11) is 0. The minimum absolute atomic E-state index is 0.0681. The summed E-state index contributed by atoms with van der Waals surface area (Å²) < 4.78 is 53.3. The van der Waals surface area contributed by atoms with Gasteiger partial charge in [-0.1, -0.05) is 0 Å². The van der Waals surface area contributed by atoms with Crippen LogP contribution in [0.1, 0.15) is 16.1 Å². The van der Waals surface area contributed by atoms with Gasteiger partial charge in [-0.2, -0.15) is 13.2 Å². The first kappa shape index (κ1) is 20.9. The number of pyridine rings is 1. The minimum Gasteiger partial charge on any atom is -0.351 e. The molecule has 12 heteroatoms. The fraction of sp³-hybridized carbons (Fsp3) is 0.0588. The zero-order chi connectivity index (χ0) is 21.2. The van der Waals surface area contributed by atoms with E-state index < -0.39 is 29.5 Å². The lowest BCUT2D eigenvalue weighted by Crippen LogP contribution is -2.39. The van der Waals surface area contributed by atoms with Crippen LogP contribution in [0.4, 0.5) is 34.9 Å². The average Bonchev–Trinajstić information content (AvgIpc) is 2.69. The van der Waals surface area contributed by atoms with Gasteiger partial charge in [-0.15, -0.1) is 0 Å². The summed E-state index contributed by atoms with van der Waals surface area (Å²) in [4.78, 5) is 23.5. The van der Waals surface area contributed by atoms with Crippen molar-refractivity contribution in [1.82, 2.24) is 15.0 Å².